The lowest BCUT2D eigenvalue weighted by atomic mass is 10.1. The molecule has 0 bridgehead atoms. The Labute approximate surface area is 155 Å². The number of nitrogens with zero attached hydrogens (tertiary/aromatic N) is 4. The number of hydrogen-bond donors (Lipinski definition) is 1. The van der Waals surface area contributed by atoms with Crippen LogP contribution >= 0.6 is 0 Å². The molecule has 3 aromatic rings. The maximum Gasteiger partial charge on any atom is 0.251 e. The first-order valence-electron chi connectivity index (χ1n) is 9.01. The fourth-order valence-electron chi connectivity index (χ4n) is 3.23. The number of anilines is 1. The van der Waals surface area contributed by atoms with Crippen LogP contribution in [0.25, 0.3) is 22.2 Å². The van der Waals surface area contributed by atoms with E-state index in [4.69, 9.17) is 4.74 Å². The molecule has 0 aromatic carbocycles. The number of rotatable bonds is 4. The Balaban J connectivity index is 1.66. The summed E-state index contributed by atoms with van der Waals surface area (Å²) in [7, 11) is 0. The van der Waals surface area contributed by atoms with E-state index in [1.807, 2.05) is 36.9 Å². The molecule has 6 nitrogen and oxygen atoms in total. The van der Waals surface area contributed by atoms with Crippen molar-refractivity contribution < 1.29 is 13.5 Å². The van der Waals surface area contributed by atoms with Crippen LogP contribution in [0.3, 0.4) is 0 Å². The summed E-state index contributed by atoms with van der Waals surface area (Å²) in [5.41, 5.74) is 2.43. The standard InChI is InChI=1S/C19H21F2N5O/c1-12(2)27-17-10-14-15(11-23-17)24-25-18(14)13-3-6-22-16(9-13)26-7-4-19(20,21)5-8-26/h3,6,9-12H,4-5,7-8H2,1-2H3,(H,24,25). The van der Waals surface area contributed by atoms with Crippen molar-refractivity contribution in [2.75, 3.05) is 18.0 Å². The lowest BCUT2D eigenvalue weighted by Crippen LogP contribution is -2.39. The summed E-state index contributed by atoms with van der Waals surface area (Å²) in [6, 6.07) is 5.61. The van der Waals surface area contributed by atoms with Crippen LogP contribution in [0.4, 0.5) is 14.6 Å². The summed E-state index contributed by atoms with van der Waals surface area (Å²) >= 11 is 0. The van der Waals surface area contributed by atoms with Crippen molar-refractivity contribution in [2.24, 2.45) is 0 Å². The number of hydrogen-bond acceptors (Lipinski definition) is 5. The molecule has 0 unspecified atom stereocenters. The fourth-order valence-corrected chi connectivity index (χ4v) is 3.23. The van der Waals surface area contributed by atoms with E-state index in [0.29, 0.717) is 24.8 Å². The first-order valence-corrected chi connectivity index (χ1v) is 9.01. The van der Waals surface area contributed by atoms with Gasteiger partial charge in [-0.2, -0.15) is 5.10 Å². The van der Waals surface area contributed by atoms with Crippen molar-refractivity contribution >= 4 is 16.7 Å². The number of aromatic amines is 1. The van der Waals surface area contributed by atoms with Crippen LogP contribution in [0, 0.1) is 0 Å². The van der Waals surface area contributed by atoms with Crippen molar-refractivity contribution in [1.82, 2.24) is 20.2 Å². The zero-order valence-electron chi connectivity index (χ0n) is 15.2. The van der Waals surface area contributed by atoms with Gasteiger partial charge in [0, 0.05) is 49.1 Å². The lowest BCUT2D eigenvalue weighted by molar-refractivity contribution is -0.0221. The van der Waals surface area contributed by atoms with Gasteiger partial charge in [-0.3, -0.25) is 5.10 Å². The number of H-pyrrole nitrogens is 1. The van der Waals surface area contributed by atoms with E-state index in [1.165, 1.54) is 0 Å². The Hall–Kier alpha value is -2.77. The number of ether oxygens (including phenoxy) is 1. The molecule has 4 heterocycles. The summed E-state index contributed by atoms with van der Waals surface area (Å²) in [6.45, 7) is 4.47. The largest absolute Gasteiger partial charge is 0.475 e. The van der Waals surface area contributed by atoms with Crippen molar-refractivity contribution in [3.05, 3.63) is 30.6 Å². The molecule has 1 fully saturated rings. The quantitative estimate of drug-likeness (QED) is 0.748. The first kappa shape index (κ1) is 17.6. The Morgan fingerprint density at radius 1 is 1.19 bits per heavy atom. The average molecular weight is 373 g/mol. The summed E-state index contributed by atoms with van der Waals surface area (Å²) < 4.78 is 32.5. The second-order valence-corrected chi connectivity index (χ2v) is 7.05. The molecular weight excluding hydrogens is 352 g/mol. The van der Waals surface area contributed by atoms with Crippen molar-refractivity contribution in [2.45, 2.75) is 38.7 Å². The van der Waals surface area contributed by atoms with Crippen molar-refractivity contribution in [1.29, 1.82) is 0 Å². The normalized spacial score (nSPS) is 16.9. The zero-order valence-corrected chi connectivity index (χ0v) is 15.2. The maximum absolute atomic E-state index is 13.4. The van der Waals surface area contributed by atoms with E-state index in [0.717, 1.165) is 22.2 Å². The van der Waals surface area contributed by atoms with E-state index in [9.17, 15) is 8.78 Å². The van der Waals surface area contributed by atoms with Gasteiger partial charge in [0.15, 0.2) is 0 Å². The summed E-state index contributed by atoms with van der Waals surface area (Å²) in [5, 5.41) is 8.28. The van der Waals surface area contributed by atoms with Crippen LogP contribution in [0.1, 0.15) is 26.7 Å². The van der Waals surface area contributed by atoms with Gasteiger partial charge in [-0.15, -0.1) is 0 Å². The number of piperidine rings is 1. The molecule has 1 aliphatic heterocycles. The van der Waals surface area contributed by atoms with Crippen LogP contribution in [-0.4, -0.2) is 45.3 Å². The fraction of sp³-hybridized carbons (Fsp3) is 0.421. The predicted molar refractivity (Wildman–Crippen MR) is 99.3 cm³/mol. The minimum absolute atomic E-state index is 0.0232. The zero-order chi connectivity index (χ0) is 19.0. The summed E-state index contributed by atoms with van der Waals surface area (Å²) in [6.07, 6.45) is 3.11. The number of fused-ring (bicyclic) bond motifs is 1. The summed E-state index contributed by atoms with van der Waals surface area (Å²) in [5.74, 6) is -1.36. The maximum atomic E-state index is 13.4. The van der Waals surface area contributed by atoms with Gasteiger partial charge in [0.05, 0.1) is 17.8 Å². The molecule has 0 atom stereocenters. The third kappa shape index (κ3) is 3.70. The predicted octanol–water partition coefficient (Wildman–Crippen LogP) is 4.04. The third-order valence-electron chi connectivity index (χ3n) is 4.62. The van der Waals surface area contributed by atoms with Crippen LogP contribution in [0.2, 0.25) is 0 Å². The smallest absolute Gasteiger partial charge is 0.251 e. The highest BCUT2D eigenvalue weighted by molar-refractivity contribution is 5.93. The molecule has 0 spiro atoms. The topological polar surface area (TPSA) is 66.9 Å². The van der Waals surface area contributed by atoms with Gasteiger partial charge < -0.3 is 9.64 Å². The Bertz CT molecular complexity index is 946. The molecule has 0 aliphatic carbocycles. The number of nitrogens with one attached hydrogen (secondary N) is 1. The minimum Gasteiger partial charge on any atom is -0.475 e. The molecule has 0 amide bonds. The Morgan fingerprint density at radius 3 is 2.70 bits per heavy atom. The molecule has 27 heavy (non-hydrogen) atoms. The molecule has 142 valence electrons. The molecule has 4 rings (SSSR count). The van der Waals surface area contributed by atoms with Crippen molar-refractivity contribution in [3.63, 3.8) is 0 Å². The van der Waals surface area contributed by atoms with Crippen LogP contribution < -0.4 is 9.64 Å². The highest BCUT2D eigenvalue weighted by Crippen LogP contribution is 2.33. The van der Waals surface area contributed by atoms with Crippen molar-refractivity contribution in [3.8, 4) is 17.1 Å². The van der Waals surface area contributed by atoms with Crippen LogP contribution in [0.15, 0.2) is 30.6 Å². The summed E-state index contributed by atoms with van der Waals surface area (Å²) in [4.78, 5) is 10.5. The second kappa shape index (κ2) is 6.75. The average Bonchev–Trinajstić information content (AvgIpc) is 3.04. The van der Waals surface area contributed by atoms with Crippen LogP contribution in [-0.2, 0) is 0 Å². The third-order valence-corrected chi connectivity index (χ3v) is 4.62. The molecule has 0 saturated carbocycles. The number of halogens is 2. The number of pyridine rings is 2. The molecule has 0 radical (unpaired) electrons. The van der Waals surface area contributed by atoms with E-state index in [-0.39, 0.29) is 18.9 Å². The second-order valence-electron chi connectivity index (χ2n) is 7.05. The SMILES string of the molecule is CC(C)Oc1cc2c(-c3ccnc(N4CCC(F)(F)CC4)c3)n[nH]c2cn1. The van der Waals surface area contributed by atoms with Crippen LogP contribution in [0.5, 0.6) is 5.88 Å². The molecule has 3 aromatic heterocycles. The Morgan fingerprint density at radius 2 is 1.96 bits per heavy atom. The van der Waals surface area contributed by atoms with Gasteiger partial charge in [-0.1, -0.05) is 0 Å². The molecule has 1 saturated heterocycles. The highest BCUT2D eigenvalue weighted by atomic mass is 19.3. The number of aromatic nitrogens is 4. The monoisotopic (exact) mass is 373 g/mol. The van der Waals surface area contributed by atoms with Gasteiger partial charge in [0.25, 0.3) is 5.92 Å². The van der Waals surface area contributed by atoms with E-state index in [2.05, 4.69) is 20.2 Å². The van der Waals surface area contributed by atoms with E-state index >= 15 is 0 Å². The van der Waals surface area contributed by atoms with E-state index in [1.54, 1.807) is 12.4 Å². The van der Waals surface area contributed by atoms with E-state index < -0.39 is 5.92 Å². The molecule has 1 aliphatic rings. The number of alkyl halides is 2. The highest BCUT2D eigenvalue weighted by Gasteiger charge is 2.34. The minimum atomic E-state index is -2.58. The molecule has 1 N–H and O–H groups in total. The Kier molecular flexibility index (Phi) is 4.41. The van der Waals surface area contributed by atoms with Gasteiger partial charge in [-0.25, -0.2) is 18.7 Å². The van der Waals surface area contributed by atoms with Gasteiger partial charge in [0.2, 0.25) is 5.88 Å². The molecular formula is C19H21F2N5O. The van der Waals surface area contributed by atoms with Gasteiger partial charge in [0.1, 0.15) is 11.5 Å². The van der Waals surface area contributed by atoms with Gasteiger partial charge in [-0.05, 0) is 26.0 Å². The molecule has 8 heteroatoms. The first-order chi connectivity index (χ1) is 12.9. The lowest BCUT2D eigenvalue weighted by Gasteiger charge is -2.32. The van der Waals surface area contributed by atoms with Gasteiger partial charge >= 0.3 is 0 Å².